The van der Waals surface area contributed by atoms with Crippen molar-refractivity contribution < 1.29 is 23.1 Å². The third kappa shape index (κ3) is 4.71. The summed E-state index contributed by atoms with van der Waals surface area (Å²) in [6.45, 7) is -0.0972. The minimum Gasteiger partial charge on any atom is -0.480 e. The van der Waals surface area contributed by atoms with E-state index in [2.05, 4.69) is 15.0 Å². The maximum atomic E-state index is 13.5. The fraction of sp³-hybridized carbons (Fsp3) is 0.148. The van der Waals surface area contributed by atoms with E-state index in [9.17, 15) is 23.1 Å². The number of rotatable bonds is 9. The van der Waals surface area contributed by atoms with E-state index in [1.54, 1.807) is 72.8 Å². The number of aromatic nitrogens is 1. The van der Waals surface area contributed by atoms with E-state index in [1.807, 2.05) is 0 Å². The summed E-state index contributed by atoms with van der Waals surface area (Å²) in [6.07, 6.45) is 2.90. The van der Waals surface area contributed by atoms with E-state index in [1.165, 1.54) is 18.5 Å². The van der Waals surface area contributed by atoms with Gasteiger partial charge in [-0.15, -0.1) is 11.3 Å². The van der Waals surface area contributed by atoms with Gasteiger partial charge in [0, 0.05) is 34.3 Å². The molecule has 1 aliphatic carbocycles. The Kier molecular flexibility index (Phi) is 6.83. The second-order valence-electron chi connectivity index (χ2n) is 8.99. The number of carbonyl (C=O) groups is 2. The van der Waals surface area contributed by atoms with E-state index in [-0.39, 0.29) is 17.2 Å². The largest absolute Gasteiger partial charge is 0.480 e. The van der Waals surface area contributed by atoms with E-state index in [0.717, 1.165) is 16.9 Å². The fourth-order valence-corrected chi connectivity index (χ4v) is 7.49. The van der Waals surface area contributed by atoms with Gasteiger partial charge in [-0.25, -0.2) is 8.42 Å². The molecular formula is C27H22ClN3O5S2. The highest BCUT2D eigenvalue weighted by Crippen LogP contribution is 2.58. The number of thiophene rings is 1. The zero-order valence-electron chi connectivity index (χ0n) is 19.8. The van der Waals surface area contributed by atoms with Crippen LogP contribution in [-0.2, 0) is 20.2 Å². The maximum Gasteiger partial charge on any atom is 0.325 e. The smallest absolute Gasteiger partial charge is 0.325 e. The topological polar surface area (TPSA) is 125 Å². The van der Waals surface area contributed by atoms with E-state index in [4.69, 9.17) is 11.6 Å². The van der Waals surface area contributed by atoms with Crippen LogP contribution in [0.25, 0.3) is 10.4 Å². The third-order valence-corrected chi connectivity index (χ3v) is 10.1. The summed E-state index contributed by atoms with van der Waals surface area (Å²) in [7, 11) is -4.23. The molecule has 38 heavy (non-hydrogen) atoms. The van der Waals surface area contributed by atoms with Crippen LogP contribution >= 0.6 is 22.9 Å². The molecule has 4 aromatic rings. The molecule has 2 atom stereocenters. The van der Waals surface area contributed by atoms with Crippen molar-refractivity contribution in [2.45, 2.75) is 21.6 Å². The molecule has 0 spiro atoms. The highest BCUT2D eigenvalue weighted by atomic mass is 35.5. The average molecular weight is 568 g/mol. The molecule has 0 aliphatic heterocycles. The number of amides is 1. The van der Waals surface area contributed by atoms with Gasteiger partial charge in [-0.2, -0.15) is 4.72 Å². The number of hydrogen-bond donors (Lipinski definition) is 3. The van der Waals surface area contributed by atoms with Crippen LogP contribution in [0.15, 0.2) is 95.5 Å². The lowest BCUT2D eigenvalue weighted by molar-refractivity contribution is -0.140. The number of carboxylic acids is 1. The highest BCUT2D eigenvalue weighted by molar-refractivity contribution is 7.91. The van der Waals surface area contributed by atoms with Gasteiger partial charge in [0.25, 0.3) is 15.9 Å². The molecule has 0 saturated heterocycles. The summed E-state index contributed by atoms with van der Waals surface area (Å²) in [5.74, 6) is -1.76. The highest BCUT2D eigenvalue weighted by Gasteiger charge is 2.74. The molecule has 2 aromatic carbocycles. The fourth-order valence-electron chi connectivity index (χ4n) is 4.63. The van der Waals surface area contributed by atoms with Crippen molar-refractivity contribution in [3.63, 3.8) is 0 Å². The number of benzene rings is 2. The third-order valence-electron chi connectivity index (χ3n) is 6.71. The SMILES string of the molecule is O=C(NC[C@@]1(c2ccccc2)CC1(NS(=O)(=O)c1ccc(-c2ccc(Cl)cc2)s1)C(=O)O)c1cccnc1. The Labute approximate surface area is 228 Å². The molecule has 11 heteroatoms. The van der Waals surface area contributed by atoms with Crippen LogP contribution in [-0.4, -0.2) is 42.5 Å². The molecular weight excluding hydrogens is 546 g/mol. The Morgan fingerprint density at radius 2 is 1.74 bits per heavy atom. The van der Waals surface area contributed by atoms with Crippen LogP contribution < -0.4 is 10.0 Å². The van der Waals surface area contributed by atoms with Crippen molar-refractivity contribution in [3.8, 4) is 10.4 Å². The zero-order chi connectivity index (χ0) is 27.0. The van der Waals surface area contributed by atoms with Gasteiger partial charge in [-0.05, 0) is 53.9 Å². The lowest BCUT2D eigenvalue weighted by Gasteiger charge is -2.25. The molecule has 1 unspecified atom stereocenters. The number of aliphatic carboxylic acids is 1. The number of nitrogens with one attached hydrogen (secondary N) is 2. The van der Waals surface area contributed by atoms with Gasteiger partial charge in [-0.1, -0.05) is 54.1 Å². The van der Waals surface area contributed by atoms with Crippen LogP contribution in [0.5, 0.6) is 0 Å². The van der Waals surface area contributed by atoms with Gasteiger partial charge >= 0.3 is 5.97 Å². The number of hydrogen-bond acceptors (Lipinski definition) is 6. The second-order valence-corrected chi connectivity index (χ2v) is 12.4. The lowest BCUT2D eigenvalue weighted by atomic mass is 9.90. The number of pyridine rings is 1. The summed E-state index contributed by atoms with van der Waals surface area (Å²) in [5, 5.41) is 13.7. The molecule has 2 heterocycles. The number of carbonyl (C=O) groups excluding carboxylic acids is 1. The van der Waals surface area contributed by atoms with Gasteiger partial charge in [0.05, 0.1) is 5.56 Å². The monoisotopic (exact) mass is 567 g/mol. The summed E-state index contributed by atoms with van der Waals surface area (Å²) in [4.78, 5) is 30.1. The standard InChI is InChI=1S/C27H22ClN3O5S2/c28-21-10-8-18(9-11-21)22-12-13-23(37-22)38(35,36)31-27(25(33)34)16-26(27,20-6-2-1-3-7-20)17-30-24(32)19-5-4-14-29-15-19/h1-15,31H,16-17H2,(H,30,32)(H,33,34)/t26-,27?/m1/s1. The Hall–Kier alpha value is -3.57. The van der Waals surface area contributed by atoms with Crippen LogP contribution in [0.3, 0.4) is 0 Å². The number of nitrogens with zero attached hydrogens (tertiary/aromatic N) is 1. The normalized spacial score (nSPS) is 20.6. The predicted molar refractivity (Wildman–Crippen MR) is 145 cm³/mol. The van der Waals surface area contributed by atoms with Crippen molar-refractivity contribution in [3.05, 3.63) is 107 Å². The van der Waals surface area contributed by atoms with E-state index in [0.29, 0.717) is 21.0 Å². The van der Waals surface area contributed by atoms with Crippen LogP contribution in [0, 0.1) is 0 Å². The summed E-state index contributed by atoms with van der Waals surface area (Å²) < 4.78 is 29.4. The first-order chi connectivity index (χ1) is 18.2. The van der Waals surface area contributed by atoms with Crippen LogP contribution in [0.1, 0.15) is 22.3 Å². The molecule has 2 aromatic heterocycles. The Bertz CT molecular complexity index is 1590. The van der Waals surface area contributed by atoms with Gasteiger partial charge in [0.15, 0.2) is 0 Å². The van der Waals surface area contributed by atoms with Crippen molar-refractivity contribution in [2.75, 3.05) is 6.54 Å². The first-order valence-corrected chi connectivity index (χ1v) is 14.2. The average Bonchev–Trinajstić information content (AvgIpc) is 3.29. The molecule has 8 nitrogen and oxygen atoms in total. The predicted octanol–water partition coefficient (Wildman–Crippen LogP) is 4.34. The molecule has 1 fully saturated rings. The van der Waals surface area contributed by atoms with Gasteiger partial charge in [-0.3, -0.25) is 14.6 Å². The van der Waals surface area contributed by atoms with Crippen molar-refractivity contribution in [1.29, 1.82) is 0 Å². The minimum atomic E-state index is -4.23. The quantitative estimate of drug-likeness (QED) is 0.276. The first kappa shape index (κ1) is 26.1. The lowest BCUT2D eigenvalue weighted by Crippen LogP contribution is -2.51. The van der Waals surface area contributed by atoms with E-state index < -0.39 is 32.9 Å². The summed E-state index contributed by atoms with van der Waals surface area (Å²) >= 11 is 6.98. The molecule has 194 valence electrons. The molecule has 1 saturated carbocycles. The minimum absolute atomic E-state index is 0.0173. The van der Waals surface area contributed by atoms with Crippen molar-refractivity contribution >= 4 is 44.8 Å². The van der Waals surface area contributed by atoms with Crippen molar-refractivity contribution in [1.82, 2.24) is 15.0 Å². The second kappa shape index (κ2) is 9.95. The Balaban J connectivity index is 1.46. The Morgan fingerprint density at radius 1 is 1.00 bits per heavy atom. The number of carboxylic acid groups (broad SMARTS) is 1. The molecule has 1 aliphatic rings. The molecule has 0 radical (unpaired) electrons. The maximum absolute atomic E-state index is 13.5. The van der Waals surface area contributed by atoms with Crippen LogP contribution in [0.4, 0.5) is 0 Å². The molecule has 3 N–H and O–H groups in total. The molecule has 5 rings (SSSR count). The number of sulfonamides is 1. The van der Waals surface area contributed by atoms with Gasteiger partial charge in [0.1, 0.15) is 9.75 Å². The van der Waals surface area contributed by atoms with Crippen LogP contribution in [0.2, 0.25) is 5.02 Å². The summed E-state index contributed by atoms with van der Waals surface area (Å²) in [6, 6.07) is 22.1. The zero-order valence-corrected chi connectivity index (χ0v) is 22.2. The summed E-state index contributed by atoms with van der Waals surface area (Å²) in [5.41, 5.74) is -1.37. The Morgan fingerprint density at radius 3 is 2.39 bits per heavy atom. The van der Waals surface area contributed by atoms with E-state index >= 15 is 0 Å². The molecule has 0 bridgehead atoms. The van der Waals surface area contributed by atoms with Crippen molar-refractivity contribution in [2.24, 2.45) is 0 Å². The number of halogens is 1. The van der Waals surface area contributed by atoms with Gasteiger partial charge < -0.3 is 10.4 Å². The first-order valence-electron chi connectivity index (χ1n) is 11.5. The van der Waals surface area contributed by atoms with Gasteiger partial charge in [0.2, 0.25) is 0 Å². The molecule has 1 amide bonds.